The molecule has 0 radical (unpaired) electrons. The second-order valence-electron chi connectivity index (χ2n) is 5.62. The molecule has 0 atom stereocenters. The van der Waals surface area contributed by atoms with Gasteiger partial charge >= 0.3 is 0 Å². The van der Waals surface area contributed by atoms with Crippen LogP contribution in [-0.2, 0) is 11.2 Å². The molecule has 1 amide bonds. The number of nitrogens with zero attached hydrogens (tertiary/aromatic N) is 2. The molecule has 5 heteroatoms. The fraction of sp³-hybridized carbons (Fsp3) is 0.500. The summed E-state index contributed by atoms with van der Waals surface area (Å²) in [5, 5.41) is 6.28. The van der Waals surface area contributed by atoms with Gasteiger partial charge in [-0.25, -0.2) is 0 Å². The van der Waals surface area contributed by atoms with Crippen molar-refractivity contribution in [1.29, 1.82) is 0 Å². The van der Waals surface area contributed by atoms with Crippen molar-refractivity contribution in [3.05, 3.63) is 29.8 Å². The van der Waals surface area contributed by atoms with Crippen molar-refractivity contribution in [1.82, 2.24) is 10.6 Å². The highest BCUT2D eigenvalue weighted by Gasteiger charge is 2.23. The highest BCUT2D eigenvalue weighted by atomic mass is 16.2. The van der Waals surface area contributed by atoms with E-state index in [1.807, 2.05) is 23.1 Å². The zero-order valence-electron chi connectivity index (χ0n) is 13.0. The van der Waals surface area contributed by atoms with E-state index < -0.39 is 0 Å². The van der Waals surface area contributed by atoms with Crippen LogP contribution < -0.4 is 15.5 Å². The molecule has 0 saturated heterocycles. The lowest BCUT2D eigenvalue weighted by molar-refractivity contribution is -0.117. The number of carbonyl (C=O) groups is 1. The largest absolute Gasteiger partial charge is 0.356 e. The molecule has 5 nitrogen and oxygen atoms in total. The van der Waals surface area contributed by atoms with E-state index in [9.17, 15) is 4.79 Å². The summed E-state index contributed by atoms with van der Waals surface area (Å²) >= 11 is 0. The first-order chi connectivity index (χ1) is 10.1. The molecule has 0 spiro atoms. The van der Waals surface area contributed by atoms with Crippen LogP contribution in [0.25, 0.3) is 0 Å². The first-order valence-electron chi connectivity index (χ1n) is 7.44. The third-order valence-electron chi connectivity index (χ3n) is 3.50. The summed E-state index contributed by atoms with van der Waals surface area (Å²) in [4.78, 5) is 18.3. The Morgan fingerprint density at radius 2 is 2.10 bits per heavy atom. The van der Waals surface area contributed by atoms with E-state index in [1.54, 1.807) is 7.05 Å². The van der Waals surface area contributed by atoms with Crippen LogP contribution in [0.3, 0.4) is 0 Å². The minimum absolute atomic E-state index is 0.0763. The van der Waals surface area contributed by atoms with Crippen molar-refractivity contribution in [2.45, 2.75) is 20.3 Å². The number of guanidine groups is 1. The Kier molecular flexibility index (Phi) is 5.20. The van der Waals surface area contributed by atoms with Crippen molar-refractivity contribution in [3.8, 4) is 0 Å². The third-order valence-corrected chi connectivity index (χ3v) is 3.50. The van der Waals surface area contributed by atoms with Crippen molar-refractivity contribution >= 4 is 17.6 Å². The minimum atomic E-state index is 0.0763. The average Bonchev–Trinajstić information content (AvgIpc) is 2.91. The van der Waals surface area contributed by atoms with Gasteiger partial charge in [-0.3, -0.25) is 9.79 Å². The van der Waals surface area contributed by atoms with E-state index in [2.05, 4.69) is 35.5 Å². The molecule has 0 aliphatic carbocycles. The van der Waals surface area contributed by atoms with Crippen molar-refractivity contribution in [2.75, 3.05) is 31.6 Å². The number of carbonyl (C=O) groups excluding carboxylic acids is 1. The number of benzene rings is 1. The van der Waals surface area contributed by atoms with Crippen LogP contribution in [0.1, 0.15) is 19.4 Å². The maximum absolute atomic E-state index is 12.3. The molecular weight excluding hydrogens is 264 g/mol. The topological polar surface area (TPSA) is 56.7 Å². The molecule has 2 rings (SSSR count). The molecule has 0 saturated carbocycles. The highest BCUT2D eigenvalue weighted by molar-refractivity contribution is 5.98. The lowest BCUT2D eigenvalue weighted by atomic mass is 10.2. The van der Waals surface area contributed by atoms with Crippen molar-refractivity contribution in [3.63, 3.8) is 0 Å². The van der Waals surface area contributed by atoms with E-state index in [0.717, 1.165) is 25.2 Å². The smallest absolute Gasteiger partial charge is 0.246 e. The zero-order chi connectivity index (χ0) is 15.2. The summed E-state index contributed by atoms with van der Waals surface area (Å²) in [6.45, 7) is 6.11. The molecule has 0 fully saturated rings. The Balaban J connectivity index is 1.88. The molecule has 1 aromatic carbocycles. The van der Waals surface area contributed by atoms with Crippen LogP contribution in [0.2, 0.25) is 0 Å². The molecule has 1 heterocycles. The Morgan fingerprint density at radius 3 is 2.81 bits per heavy atom. The van der Waals surface area contributed by atoms with Crippen molar-refractivity contribution in [2.24, 2.45) is 10.9 Å². The molecule has 1 aromatic rings. The van der Waals surface area contributed by atoms with Gasteiger partial charge in [0.05, 0.1) is 6.54 Å². The number of hydrogen-bond acceptors (Lipinski definition) is 2. The van der Waals surface area contributed by atoms with Crippen LogP contribution in [-0.4, -0.2) is 38.5 Å². The van der Waals surface area contributed by atoms with Gasteiger partial charge in [0.15, 0.2) is 5.96 Å². The lowest BCUT2D eigenvalue weighted by Gasteiger charge is -2.19. The molecule has 0 bridgehead atoms. The molecule has 1 aliphatic rings. The van der Waals surface area contributed by atoms with Gasteiger partial charge in [-0.1, -0.05) is 32.0 Å². The van der Waals surface area contributed by atoms with Crippen LogP contribution >= 0.6 is 0 Å². The van der Waals surface area contributed by atoms with Gasteiger partial charge in [-0.15, -0.1) is 0 Å². The number of nitrogens with one attached hydrogen (secondary N) is 2. The summed E-state index contributed by atoms with van der Waals surface area (Å²) in [7, 11) is 1.71. The van der Waals surface area contributed by atoms with E-state index in [4.69, 9.17) is 0 Å². The Labute approximate surface area is 126 Å². The molecule has 21 heavy (non-hydrogen) atoms. The second-order valence-corrected chi connectivity index (χ2v) is 5.62. The van der Waals surface area contributed by atoms with Crippen LogP contribution in [0, 0.1) is 5.92 Å². The normalized spacial score (nSPS) is 14.3. The summed E-state index contributed by atoms with van der Waals surface area (Å²) in [5.41, 5.74) is 2.28. The maximum atomic E-state index is 12.3. The Hall–Kier alpha value is -2.04. The van der Waals surface area contributed by atoms with Gasteiger partial charge < -0.3 is 15.5 Å². The maximum Gasteiger partial charge on any atom is 0.246 e. The van der Waals surface area contributed by atoms with Gasteiger partial charge in [0.1, 0.15) is 0 Å². The van der Waals surface area contributed by atoms with Gasteiger partial charge in [0.25, 0.3) is 0 Å². The minimum Gasteiger partial charge on any atom is -0.356 e. The molecule has 1 aliphatic heterocycles. The van der Waals surface area contributed by atoms with Gasteiger partial charge in [0, 0.05) is 25.8 Å². The zero-order valence-corrected chi connectivity index (χ0v) is 13.0. The first kappa shape index (κ1) is 15.4. The van der Waals surface area contributed by atoms with E-state index in [1.165, 1.54) is 5.56 Å². The van der Waals surface area contributed by atoms with E-state index in [0.29, 0.717) is 11.9 Å². The predicted octanol–water partition coefficient (Wildman–Crippen LogP) is 1.40. The van der Waals surface area contributed by atoms with E-state index in [-0.39, 0.29) is 12.5 Å². The number of anilines is 1. The van der Waals surface area contributed by atoms with E-state index >= 15 is 0 Å². The van der Waals surface area contributed by atoms with Crippen LogP contribution in [0.5, 0.6) is 0 Å². The van der Waals surface area contributed by atoms with Crippen LogP contribution in [0.4, 0.5) is 5.69 Å². The SMILES string of the molecule is CN=C(NCC(=O)N1CCc2ccccc21)NCC(C)C. The number of para-hydroxylation sites is 1. The standard InChI is InChI=1S/C16H24N4O/c1-12(2)10-18-16(17-3)19-11-15(21)20-9-8-13-6-4-5-7-14(13)20/h4-7,12H,8-11H2,1-3H3,(H2,17,18,19). The molecular formula is C16H24N4O. The summed E-state index contributed by atoms with van der Waals surface area (Å²) in [5.74, 6) is 1.28. The molecule has 0 unspecified atom stereocenters. The molecule has 0 aromatic heterocycles. The highest BCUT2D eigenvalue weighted by Crippen LogP contribution is 2.27. The Morgan fingerprint density at radius 1 is 1.33 bits per heavy atom. The third kappa shape index (κ3) is 3.97. The summed E-state index contributed by atoms with van der Waals surface area (Å²) < 4.78 is 0. The fourth-order valence-corrected chi connectivity index (χ4v) is 2.37. The number of aliphatic imine (C=N–C) groups is 1. The fourth-order valence-electron chi connectivity index (χ4n) is 2.37. The van der Waals surface area contributed by atoms with Gasteiger partial charge in [-0.05, 0) is 24.0 Å². The number of rotatable bonds is 4. The first-order valence-corrected chi connectivity index (χ1v) is 7.44. The number of amides is 1. The van der Waals surface area contributed by atoms with Gasteiger partial charge in [0.2, 0.25) is 5.91 Å². The molecule has 114 valence electrons. The van der Waals surface area contributed by atoms with Crippen molar-refractivity contribution < 1.29 is 4.79 Å². The quantitative estimate of drug-likeness (QED) is 0.650. The lowest BCUT2D eigenvalue weighted by Crippen LogP contribution is -2.45. The summed E-state index contributed by atoms with van der Waals surface area (Å²) in [6.07, 6.45) is 0.933. The van der Waals surface area contributed by atoms with Gasteiger partial charge in [-0.2, -0.15) is 0 Å². The van der Waals surface area contributed by atoms with Crippen LogP contribution in [0.15, 0.2) is 29.3 Å². The monoisotopic (exact) mass is 288 g/mol. The molecule has 2 N–H and O–H groups in total. The Bertz CT molecular complexity index is 525. The number of hydrogen-bond donors (Lipinski definition) is 2. The summed E-state index contributed by atoms with van der Waals surface area (Å²) in [6, 6.07) is 8.08. The predicted molar refractivity (Wildman–Crippen MR) is 86.7 cm³/mol. The second kappa shape index (κ2) is 7.11. The average molecular weight is 288 g/mol. The number of fused-ring (bicyclic) bond motifs is 1.